The van der Waals surface area contributed by atoms with E-state index in [1.165, 1.54) is 11.3 Å². The molecule has 1 amide bonds. The molecule has 1 aromatic carbocycles. The van der Waals surface area contributed by atoms with Gasteiger partial charge in [-0.2, -0.15) is 0 Å². The van der Waals surface area contributed by atoms with Gasteiger partial charge in [0.25, 0.3) is 5.91 Å². The van der Waals surface area contributed by atoms with E-state index in [4.69, 9.17) is 0 Å². The third kappa shape index (κ3) is 4.22. The third-order valence-electron chi connectivity index (χ3n) is 4.02. The average molecular weight is 377 g/mol. The Labute approximate surface area is 153 Å². The number of carbonyl (C=O) groups is 2. The second kappa shape index (κ2) is 6.80. The van der Waals surface area contributed by atoms with Crippen LogP contribution in [0.3, 0.4) is 0 Å². The molecule has 0 bridgehead atoms. The van der Waals surface area contributed by atoms with Gasteiger partial charge < -0.3 is 0 Å². The van der Waals surface area contributed by atoms with E-state index in [2.05, 4.69) is 24.1 Å². The van der Waals surface area contributed by atoms with Crippen LogP contribution in [-0.2, 0) is 23.0 Å². The summed E-state index contributed by atoms with van der Waals surface area (Å²) in [5.74, 6) is 0.231. The number of fused-ring (bicyclic) bond motifs is 1. The lowest BCUT2D eigenvalue weighted by atomic mass is 9.78. The first-order valence-electron chi connectivity index (χ1n) is 7.97. The molecule has 0 fully saturated rings. The predicted octanol–water partition coefficient (Wildman–Crippen LogP) is 3.43. The van der Waals surface area contributed by atoms with Crippen molar-refractivity contribution in [2.45, 2.75) is 32.4 Å². The molecule has 0 aliphatic heterocycles. The van der Waals surface area contributed by atoms with Gasteiger partial charge in [0.05, 0.1) is 10.6 Å². The molecule has 1 heterocycles. The molecule has 2 aromatic rings. The molecule has 1 N–H and O–H groups in total. The Bertz CT molecular complexity index is 871. The van der Waals surface area contributed by atoms with Crippen molar-refractivity contribution in [1.29, 1.82) is 0 Å². The fourth-order valence-electron chi connectivity index (χ4n) is 2.98. The number of Topliss-reactive ketones (excluding diaryl/α,β-unsaturated/α-hetero) is 1. The predicted molar refractivity (Wildman–Crippen MR) is 101 cm³/mol. The van der Waals surface area contributed by atoms with Crippen LogP contribution in [-0.4, -0.2) is 27.1 Å². The van der Waals surface area contributed by atoms with Crippen LogP contribution in [0.25, 0.3) is 0 Å². The van der Waals surface area contributed by atoms with Crippen LogP contribution in [0.4, 0.5) is 5.13 Å². The Balaban J connectivity index is 1.78. The molecule has 1 aliphatic carbocycles. The molecule has 1 aromatic heterocycles. The van der Waals surface area contributed by atoms with Crippen LogP contribution in [0.15, 0.2) is 24.3 Å². The number of aromatic nitrogens is 1. The second-order valence-electron chi connectivity index (χ2n) is 7.11. The molecule has 1 aliphatic rings. The summed E-state index contributed by atoms with van der Waals surface area (Å²) >= 11 is 1.24. The second-order valence-corrected chi connectivity index (χ2v) is 9.54. The Morgan fingerprint density at radius 2 is 2.12 bits per heavy atom. The number of carbonyl (C=O) groups excluding carboxylic acids is 2. The molecule has 5 nitrogen and oxygen atoms in total. The monoisotopic (exact) mass is 376 g/mol. The third-order valence-corrected chi connectivity index (χ3v) is 5.81. The standard InChI is InChI=1S/C18H20N2O3S2/c1-18(2)8-13-15(14(21)9-18)24-17(19-13)20-16(22)12-6-4-5-11(7-12)10-25(3)23/h4-7H,8-10H2,1-3H3,(H,19,20,22)/t25-/m0/s1. The fourth-order valence-corrected chi connectivity index (χ4v) is 4.54. The molecular weight excluding hydrogens is 356 g/mol. The highest BCUT2D eigenvalue weighted by Crippen LogP contribution is 2.38. The topological polar surface area (TPSA) is 76.1 Å². The number of hydrogen-bond acceptors (Lipinski definition) is 5. The van der Waals surface area contributed by atoms with Crippen LogP contribution in [0, 0.1) is 5.41 Å². The summed E-state index contributed by atoms with van der Waals surface area (Å²) in [7, 11) is -0.962. The molecule has 7 heteroatoms. The van der Waals surface area contributed by atoms with E-state index in [9.17, 15) is 13.8 Å². The number of anilines is 1. The Morgan fingerprint density at radius 1 is 1.36 bits per heavy atom. The molecular formula is C18H20N2O3S2. The number of hydrogen-bond donors (Lipinski definition) is 1. The van der Waals surface area contributed by atoms with Gasteiger partial charge >= 0.3 is 0 Å². The maximum Gasteiger partial charge on any atom is 0.257 e. The van der Waals surface area contributed by atoms with E-state index in [0.717, 1.165) is 17.7 Å². The van der Waals surface area contributed by atoms with E-state index >= 15 is 0 Å². The lowest BCUT2D eigenvalue weighted by molar-refractivity contribution is 0.0915. The van der Waals surface area contributed by atoms with E-state index in [0.29, 0.717) is 27.7 Å². The Kier molecular flexibility index (Phi) is 4.88. The summed E-state index contributed by atoms with van der Waals surface area (Å²) in [5.41, 5.74) is 2.02. The van der Waals surface area contributed by atoms with E-state index in [1.54, 1.807) is 24.5 Å². The summed E-state index contributed by atoms with van der Waals surface area (Å²) in [6.07, 6.45) is 2.87. The number of benzene rings is 1. The maximum atomic E-state index is 12.5. The van der Waals surface area contributed by atoms with Crippen molar-refractivity contribution in [2.24, 2.45) is 5.41 Å². The summed E-state index contributed by atoms with van der Waals surface area (Å²) in [6.45, 7) is 4.10. The zero-order valence-corrected chi connectivity index (χ0v) is 16.1. The molecule has 0 unspecified atom stereocenters. The summed E-state index contributed by atoms with van der Waals surface area (Å²) in [4.78, 5) is 29.8. The number of nitrogens with zero attached hydrogens (tertiary/aromatic N) is 1. The molecule has 3 rings (SSSR count). The van der Waals surface area contributed by atoms with E-state index in [1.807, 2.05) is 6.07 Å². The first-order chi connectivity index (χ1) is 11.7. The molecule has 132 valence electrons. The van der Waals surface area contributed by atoms with Gasteiger partial charge in [0.2, 0.25) is 0 Å². The SMILES string of the molecule is C[S@](=O)Cc1cccc(C(=O)Nc2nc3c(s2)C(=O)CC(C)(C)C3)c1. The van der Waals surface area contributed by atoms with E-state index in [-0.39, 0.29) is 17.1 Å². The van der Waals surface area contributed by atoms with Gasteiger partial charge in [-0.1, -0.05) is 37.3 Å². The lowest BCUT2D eigenvalue weighted by Gasteiger charge is -2.26. The van der Waals surface area contributed by atoms with Crippen molar-refractivity contribution in [2.75, 3.05) is 11.6 Å². The molecule has 0 saturated heterocycles. The summed E-state index contributed by atoms with van der Waals surface area (Å²) in [6, 6.07) is 7.06. The van der Waals surface area contributed by atoms with Crippen LogP contribution in [0.5, 0.6) is 0 Å². The average Bonchev–Trinajstić information content (AvgIpc) is 2.88. The maximum absolute atomic E-state index is 12.5. The minimum absolute atomic E-state index is 0.0937. The first kappa shape index (κ1) is 17.9. The van der Waals surface area contributed by atoms with Crippen molar-refractivity contribution in [3.05, 3.63) is 46.0 Å². The van der Waals surface area contributed by atoms with Crippen LogP contribution >= 0.6 is 11.3 Å². The Morgan fingerprint density at radius 3 is 2.84 bits per heavy atom. The number of nitrogens with one attached hydrogen (secondary N) is 1. The zero-order chi connectivity index (χ0) is 18.2. The normalized spacial score (nSPS) is 17.0. The molecule has 25 heavy (non-hydrogen) atoms. The smallest absolute Gasteiger partial charge is 0.257 e. The van der Waals surface area contributed by atoms with Gasteiger partial charge in [-0.25, -0.2) is 4.98 Å². The molecule has 0 spiro atoms. The van der Waals surface area contributed by atoms with Crippen molar-refractivity contribution in [1.82, 2.24) is 4.98 Å². The van der Waals surface area contributed by atoms with Gasteiger partial charge in [-0.15, -0.1) is 0 Å². The fraction of sp³-hybridized carbons (Fsp3) is 0.389. The van der Waals surface area contributed by atoms with Gasteiger partial charge in [-0.3, -0.25) is 19.1 Å². The van der Waals surface area contributed by atoms with Crippen molar-refractivity contribution >= 4 is 39.0 Å². The quantitative estimate of drug-likeness (QED) is 0.887. The van der Waals surface area contributed by atoms with Crippen molar-refractivity contribution < 1.29 is 13.8 Å². The molecule has 0 radical (unpaired) electrons. The van der Waals surface area contributed by atoms with Gasteiger partial charge in [0.15, 0.2) is 10.9 Å². The van der Waals surface area contributed by atoms with Crippen molar-refractivity contribution in [3.63, 3.8) is 0 Å². The van der Waals surface area contributed by atoms with Gasteiger partial charge in [-0.05, 0) is 29.5 Å². The van der Waals surface area contributed by atoms with Gasteiger partial charge in [0, 0.05) is 34.8 Å². The van der Waals surface area contributed by atoms with Crippen LogP contribution in [0.1, 0.15) is 51.6 Å². The number of amides is 1. The molecule has 1 atom stereocenters. The van der Waals surface area contributed by atoms with Crippen LogP contribution < -0.4 is 5.32 Å². The largest absolute Gasteiger partial charge is 0.298 e. The first-order valence-corrected chi connectivity index (χ1v) is 10.5. The highest BCUT2D eigenvalue weighted by atomic mass is 32.2. The highest BCUT2D eigenvalue weighted by Gasteiger charge is 2.34. The number of rotatable bonds is 4. The highest BCUT2D eigenvalue weighted by molar-refractivity contribution is 7.83. The Hall–Kier alpha value is -1.86. The minimum atomic E-state index is -0.962. The summed E-state index contributed by atoms with van der Waals surface area (Å²) < 4.78 is 11.4. The lowest BCUT2D eigenvalue weighted by Crippen LogP contribution is -2.26. The van der Waals surface area contributed by atoms with Crippen LogP contribution in [0.2, 0.25) is 0 Å². The minimum Gasteiger partial charge on any atom is -0.298 e. The molecule has 0 saturated carbocycles. The number of ketones is 1. The summed E-state index contributed by atoms with van der Waals surface area (Å²) in [5, 5.41) is 3.23. The number of thiazole rings is 1. The van der Waals surface area contributed by atoms with Crippen molar-refractivity contribution in [3.8, 4) is 0 Å². The van der Waals surface area contributed by atoms with E-state index < -0.39 is 10.8 Å². The van der Waals surface area contributed by atoms with Gasteiger partial charge in [0.1, 0.15) is 0 Å². The zero-order valence-electron chi connectivity index (χ0n) is 14.4.